The van der Waals surface area contributed by atoms with Gasteiger partial charge in [-0.05, 0) is 30.2 Å². The molecule has 1 atom stereocenters. The number of methoxy groups -OCH3 is 3. The van der Waals surface area contributed by atoms with Gasteiger partial charge in [0.15, 0.2) is 17.2 Å². The number of hydrogen-bond donors (Lipinski definition) is 0. The van der Waals surface area contributed by atoms with Crippen molar-refractivity contribution in [2.45, 2.75) is 19.4 Å². The first-order valence-corrected chi connectivity index (χ1v) is 9.20. The molecule has 0 amide bonds. The summed E-state index contributed by atoms with van der Waals surface area (Å²) in [6.45, 7) is 0.786. The second kappa shape index (κ2) is 7.26. The maximum atomic E-state index is 14.0. The number of quaternary nitrogens is 1. The molecular weight excluding hydrogens is 358 g/mol. The smallest absolute Gasteiger partial charge is 0.163 e. The lowest BCUT2D eigenvalue weighted by Crippen LogP contribution is -2.42. The van der Waals surface area contributed by atoms with Gasteiger partial charge in [0.05, 0.1) is 33.3 Å². The van der Waals surface area contributed by atoms with Crippen molar-refractivity contribution in [1.29, 1.82) is 0 Å². The number of aromatic nitrogens is 2. The van der Waals surface area contributed by atoms with Gasteiger partial charge in [0, 0.05) is 18.1 Å². The molecule has 3 aromatic rings. The molecule has 0 N–H and O–H groups in total. The fraction of sp³-hybridized carbons (Fsp3) is 0.333. The van der Waals surface area contributed by atoms with E-state index in [1.165, 1.54) is 5.56 Å². The standard InChI is InChI=1S/C21H23N3O4/c1-26-16-7-6-14-5-4-8-24(25,13-15(14)9-16)19-12-22-23-18-11-21(28-3)20(27-2)10-17(18)19/h6-7,9-12H,4-5,8,13H2,1-3H3. The van der Waals surface area contributed by atoms with Crippen molar-refractivity contribution in [2.75, 3.05) is 27.9 Å². The van der Waals surface area contributed by atoms with Crippen molar-refractivity contribution in [3.05, 3.63) is 52.9 Å². The van der Waals surface area contributed by atoms with Crippen LogP contribution in [0.2, 0.25) is 0 Å². The highest BCUT2D eigenvalue weighted by atomic mass is 16.5. The molecule has 1 aliphatic heterocycles. The SMILES string of the molecule is COc1ccc2c(c1)C[N+]([O-])(c1cnnc3cc(OC)c(OC)cc13)CCC2. The quantitative estimate of drug-likeness (QED) is 0.508. The van der Waals surface area contributed by atoms with Gasteiger partial charge < -0.3 is 24.1 Å². The van der Waals surface area contributed by atoms with E-state index in [0.29, 0.717) is 35.8 Å². The van der Waals surface area contributed by atoms with Gasteiger partial charge in [0.2, 0.25) is 0 Å². The van der Waals surface area contributed by atoms with Gasteiger partial charge in [-0.15, -0.1) is 5.10 Å². The third-order valence-corrected chi connectivity index (χ3v) is 5.37. The van der Waals surface area contributed by atoms with E-state index in [9.17, 15) is 5.21 Å². The Kier molecular flexibility index (Phi) is 4.78. The number of nitrogens with zero attached hydrogens (tertiary/aromatic N) is 3. The third kappa shape index (κ3) is 3.12. The number of benzene rings is 2. The zero-order valence-electron chi connectivity index (χ0n) is 16.3. The number of rotatable bonds is 4. The summed E-state index contributed by atoms with van der Waals surface area (Å²) in [5.41, 5.74) is 3.40. The zero-order valence-corrected chi connectivity index (χ0v) is 16.3. The summed E-state index contributed by atoms with van der Waals surface area (Å²) in [5.74, 6) is 1.88. The lowest BCUT2D eigenvalue weighted by atomic mass is 10.0. The van der Waals surface area contributed by atoms with Crippen molar-refractivity contribution in [1.82, 2.24) is 14.8 Å². The molecule has 0 saturated heterocycles. The zero-order chi connectivity index (χ0) is 19.7. The minimum Gasteiger partial charge on any atom is -0.627 e. The first-order chi connectivity index (χ1) is 13.6. The molecule has 0 saturated carbocycles. The Morgan fingerprint density at radius 3 is 2.50 bits per heavy atom. The largest absolute Gasteiger partial charge is 0.627 e. The Hall–Kier alpha value is -2.90. The molecule has 7 heteroatoms. The molecule has 0 radical (unpaired) electrons. The van der Waals surface area contributed by atoms with E-state index in [1.807, 2.05) is 18.2 Å². The summed E-state index contributed by atoms with van der Waals surface area (Å²) in [7, 11) is 4.79. The summed E-state index contributed by atoms with van der Waals surface area (Å²) in [4.78, 5) is 0. The molecule has 0 bridgehead atoms. The van der Waals surface area contributed by atoms with Crippen LogP contribution in [0, 0.1) is 5.21 Å². The van der Waals surface area contributed by atoms with Crippen LogP contribution < -0.4 is 18.9 Å². The van der Waals surface area contributed by atoms with Crippen LogP contribution in [-0.4, -0.2) is 38.1 Å². The van der Waals surface area contributed by atoms with Gasteiger partial charge in [0.25, 0.3) is 0 Å². The molecule has 1 unspecified atom stereocenters. The maximum Gasteiger partial charge on any atom is 0.163 e. The summed E-state index contributed by atoms with van der Waals surface area (Å²) < 4.78 is 15.6. The van der Waals surface area contributed by atoms with Crippen LogP contribution in [0.5, 0.6) is 17.2 Å². The van der Waals surface area contributed by atoms with Crippen LogP contribution in [-0.2, 0) is 13.0 Å². The van der Waals surface area contributed by atoms with E-state index in [1.54, 1.807) is 33.6 Å². The van der Waals surface area contributed by atoms with Crippen LogP contribution >= 0.6 is 0 Å². The lowest BCUT2D eigenvalue weighted by molar-refractivity contribution is 0.355. The first kappa shape index (κ1) is 18.5. The van der Waals surface area contributed by atoms with Gasteiger partial charge in [-0.25, -0.2) is 0 Å². The van der Waals surface area contributed by atoms with E-state index in [-0.39, 0.29) is 0 Å². The van der Waals surface area contributed by atoms with Crippen LogP contribution in [0.15, 0.2) is 36.5 Å². The van der Waals surface area contributed by atoms with Gasteiger partial charge in [-0.3, -0.25) is 0 Å². The van der Waals surface area contributed by atoms with E-state index >= 15 is 0 Å². The first-order valence-electron chi connectivity index (χ1n) is 9.20. The van der Waals surface area contributed by atoms with Crippen molar-refractivity contribution in [3.63, 3.8) is 0 Å². The Balaban J connectivity index is 1.85. The molecule has 2 aromatic carbocycles. The second-order valence-corrected chi connectivity index (χ2v) is 6.96. The van der Waals surface area contributed by atoms with Crippen molar-refractivity contribution >= 4 is 16.6 Å². The molecule has 0 aliphatic carbocycles. The Morgan fingerprint density at radius 2 is 1.75 bits per heavy atom. The number of hydroxylamine groups is 2. The van der Waals surface area contributed by atoms with Crippen molar-refractivity contribution in [3.8, 4) is 17.2 Å². The monoisotopic (exact) mass is 381 g/mol. The summed E-state index contributed by atoms with van der Waals surface area (Å²) in [6.07, 6.45) is 3.24. The minimum atomic E-state index is -0.498. The molecular formula is C21H23N3O4. The molecule has 7 nitrogen and oxygen atoms in total. The van der Waals surface area contributed by atoms with Crippen LogP contribution in [0.1, 0.15) is 17.5 Å². The molecule has 0 spiro atoms. The highest BCUT2D eigenvalue weighted by Gasteiger charge is 2.29. The summed E-state index contributed by atoms with van der Waals surface area (Å²) in [6, 6.07) is 9.54. The number of fused-ring (bicyclic) bond motifs is 2. The Bertz CT molecular complexity index is 1020. The van der Waals surface area contributed by atoms with Gasteiger partial charge >= 0.3 is 0 Å². The summed E-state index contributed by atoms with van der Waals surface area (Å²) >= 11 is 0. The van der Waals surface area contributed by atoms with Crippen molar-refractivity contribution in [2.24, 2.45) is 0 Å². The molecule has 2 heterocycles. The molecule has 146 valence electrons. The predicted molar refractivity (Wildman–Crippen MR) is 108 cm³/mol. The lowest BCUT2D eigenvalue weighted by Gasteiger charge is -2.41. The normalized spacial score (nSPS) is 19.0. The average Bonchev–Trinajstić information content (AvgIpc) is 2.90. The molecule has 4 rings (SSSR count). The third-order valence-electron chi connectivity index (χ3n) is 5.37. The number of hydrogen-bond acceptors (Lipinski definition) is 6. The topological polar surface area (TPSA) is 76.5 Å². The number of ether oxygens (including phenoxy) is 3. The highest BCUT2D eigenvalue weighted by Crippen LogP contribution is 2.39. The molecule has 1 aliphatic rings. The summed E-state index contributed by atoms with van der Waals surface area (Å²) in [5, 5.41) is 23.1. The Morgan fingerprint density at radius 1 is 0.964 bits per heavy atom. The van der Waals surface area contributed by atoms with Crippen LogP contribution in [0.4, 0.5) is 5.69 Å². The maximum absolute atomic E-state index is 14.0. The van der Waals surface area contributed by atoms with E-state index < -0.39 is 4.65 Å². The fourth-order valence-corrected chi connectivity index (χ4v) is 3.90. The van der Waals surface area contributed by atoms with Crippen LogP contribution in [0.3, 0.4) is 0 Å². The fourth-order valence-electron chi connectivity index (χ4n) is 3.90. The van der Waals surface area contributed by atoms with Crippen molar-refractivity contribution < 1.29 is 14.2 Å². The van der Waals surface area contributed by atoms with Gasteiger partial charge in [-0.2, -0.15) is 5.10 Å². The molecule has 28 heavy (non-hydrogen) atoms. The predicted octanol–water partition coefficient (Wildman–Crippen LogP) is 3.61. The van der Waals surface area contributed by atoms with Gasteiger partial charge in [0.1, 0.15) is 24.0 Å². The second-order valence-electron chi connectivity index (χ2n) is 6.96. The van der Waals surface area contributed by atoms with E-state index in [4.69, 9.17) is 14.2 Å². The van der Waals surface area contributed by atoms with Gasteiger partial charge in [-0.1, -0.05) is 6.07 Å². The van der Waals surface area contributed by atoms with E-state index in [0.717, 1.165) is 29.5 Å². The van der Waals surface area contributed by atoms with Crippen LogP contribution in [0.25, 0.3) is 10.9 Å². The molecule has 0 fully saturated rings. The molecule has 1 aromatic heterocycles. The number of aryl methyl sites for hydroxylation is 1. The van der Waals surface area contributed by atoms with E-state index in [2.05, 4.69) is 16.3 Å². The minimum absolute atomic E-state index is 0.321. The highest BCUT2D eigenvalue weighted by molar-refractivity contribution is 5.92. The Labute approximate surface area is 163 Å². The average molecular weight is 381 g/mol.